The summed E-state index contributed by atoms with van der Waals surface area (Å²) in [5, 5.41) is 5.04. The maximum Gasteiger partial charge on any atom is 0.258 e. The molecule has 0 radical (unpaired) electrons. The highest BCUT2D eigenvalue weighted by molar-refractivity contribution is 6.34. The number of hydrogen-bond acceptors (Lipinski definition) is 4. The first-order valence-corrected chi connectivity index (χ1v) is 9.63. The Balaban J connectivity index is 1.78. The van der Waals surface area contributed by atoms with Gasteiger partial charge in [0, 0.05) is 17.0 Å². The zero-order chi connectivity index (χ0) is 20.5. The molecule has 2 aromatic heterocycles. The smallest absolute Gasteiger partial charge is 0.258 e. The van der Waals surface area contributed by atoms with Gasteiger partial charge in [0.25, 0.3) is 11.7 Å². The molecule has 0 aliphatic rings. The molecule has 2 aromatic carbocycles. The van der Waals surface area contributed by atoms with E-state index >= 15 is 0 Å². The topological polar surface area (TPSA) is 63.4 Å². The molecule has 0 unspecified atom stereocenters. The molecule has 0 aliphatic heterocycles. The van der Waals surface area contributed by atoms with Crippen molar-refractivity contribution in [3.8, 4) is 0 Å². The van der Waals surface area contributed by atoms with Crippen molar-refractivity contribution in [1.29, 1.82) is 0 Å². The molecule has 0 saturated carbocycles. The summed E-state index contributed by atoms with van der Waals surface area (Å²) in [6.45, 7) is 6.00. The van der Waals surface area contributed by atoms with Gasteiger partial charge in [0.15, 0.2) is 5.82 Å². The van der Waals surface area contributed by atoms with E-state index < -0.39 is 0 Å². The van der Waals surface area contributed by atoms with Gasteiger partial charge in [0.2, 0.25) is 0 Å². The number of fused-ring (bicyclic) bond motifs is 1. The van der Waals surface area contributed by atoms with E-state index in [0.717, 1.165) is 17.0 Å². The second kappa shape index (κ2) is 7.64. The number of aromatic nitrogens is 4. The lowest BCUT2D eigenvalue weighted by atomic mass is 10.1. The number of aryl methyl sites for hydroxylation is 3. The van der Waals surface area contributed by atoms with Crippen LogP contribution in [0, 0.1) is 20.8 Å². The number of para-hydroxylation sites is 1. The Morgan fingerprint density at radius 3 is 2.59 bits per heavy atom. The minimum absolute atomic E-state index is 0.165. The summed E-state index contributed by atoms with van der Waals surface area (Å²) in [7, 11) is 0. The van der Waals surface area contributed by atoms with Crippen LogP contribution in [-0.2, 0) is 6.54 Å². The molecule has 4 aromatic rings. The molecule has 2 heterocycles. The molecule has 6 nitrogen and oxygen atoms in total. The van der Waals surface area contributed by atoms with Crippen LogP contribution in [0.2, 0.25) is 5.02 Å². The zero-order valence-electron chi connectivity index (χ0n) is 16.4. The lowest BCUT2D eigenvalue weighted by Gasteiger charge is -2.23. The number of carbonyl (C=O) groups excluding carboxylic acids is 1. The van der Waals surface area contributed by atoms with E-state index in [-0.39, 0.29) is 12.5 Å². The van der Waals surface area contributed by atoms with E-state index in [1.807, 2.05) is 63.2 Å². The molecular formula is C22H20ClN5O. The number of hydrogen-bond donors (Lipinski definition) is 0. The Bertz CT molecular complexity index is 1220. The molecule has 29 heavy (non-hydrogen) atoms. The SMILES string of the molecule is Cc1cccc(C(=O)N(Cc2nc3nc(C)cc(C)n3n2)c2ccccc2Cl)c1. The van der Waals surface area contributed by atoms with E-state index in [1.54, 1.807) is 21.5 Å². The Kier molecular flexibility index (Phi) is 5.03. The van der Waals surface area contributed by atoms with Crippen LogP contribution in [0.4, 0.5) is 5.69 Å². The van der Waals surface area contributed by atoms with E-state index in [9.17, 15) is 4.79 Å². The predicted molar refractivity (Wildman–Crippen MR) is 113 cm³/mol. The van der Waals surface area contributed by atoms with Crippen LogP contribution in [0.5, 0.6) is 0 Å². The van der Waals surface area contributed by atoms with Gasteiger partial charge >= 0.3 is 0 Å². The highest BCUT2D eigenvalue weighted by Gasteiger charge is 2.22. The van der Waals surface area contributed by atoms with Crippen molar-refractivity contribution >= 4 is 29.0 Å². The van der Waals surface area contributed by atoms with Crippen molar-refractivity contribution in [2.45, 2.75) is 27.3 Å². The number of benzene rings is 2. The lowest BCUT2D eigenvalue weighted by molar-refractivity contribution is 0.0984. The summed E-state index contributed by atoms with van der Waals surface area (Å²) in [4.78, 5) is 23.9. The molecule has 7 heteroatoms. The van der Waals surface area contributed by atoms with Gasteiger partial charge < -0.3 is 0 Å². The van der Waals surface area contributed by atoms with Gasteiger partial charge in [-0.3, -0.25) is 9.69 Å². The van der Waals surface area contributed by atoms with E-state index in [1.165, 1.54) is 0 Å². The monoisotopic (exact) mass is 405 g/mol. The number of nitrogens with zero attached hydrogens (tertiary/aromatic N) is 5. The van der Waals surface area contributed by atoms with Gasteiger partial charge in [-0.25, -0.2) is 9.50 Å². The number of amides is 1. The fourth-order valence-corrected chi connectivity index (χ4v) is 3.52. The number of rotatable bonds is 4. The predicted octanol–water partition coefficient (Wildman–Crippen LogP) is 4.55. The van der Waals surface area contributed by atoms with Gasteiger partial charge in [-0.05, 0) is 51.1 Å². The molecule has 4 rings (SSSR count). The van der Waals surface area contributed by atoms with Crippen molar-refractivity contribution < 1.29 is 4.79 Å². The Morgan fingerprint density at radius 1 is 1.03 bits per heavy atom. The molecule has 0 fully saturated rings. The summed E-state index contributed by atoms with van der Waals surface area (Å²) < 4.78 is 1.68. The molecule has 0 spiro atoms. The molecule has 0 bridgehead atoms. The molecular weight excluding hydrogens is 386 g/mol. The molecule has 1 amide bonds. The quantitative estimate of drug-likeness (QED) is 0.499. The van der Waals surface area contributed by atoms with Crippen LogP contribution in [0.25, 0.3) is 5.78 Å². The highest BCUT2D eigenvalue weighted by Crippen LogP contribution is 2.28. The van der Waals surface area contributed by atoms with Crippen LogP contribution < -0.4 is 4.90 Å². The van der Waals surface area contributed by atoms with Crippen molar-refractivity contribution in [2.24, 2.45) is 0 Å². The third-order valence-corrected chi connectivity index (χ3v) is 4.93. The number of carbonyl (C=O) groups is 1. The van der Waals surface area contributed by atoms with Gasteiger partial charge in [-0.2, -0.15) is 4.98 Å². The Morgan fingerprint density at radius 2 is 1.83 bits per heavy atom. The Hall–Kier alpha value is -3.25. The lowest BCUT2D eigenvalue weighted by Crippen LogP contribution is -2.31. The summed E-state index contributed by atoms with van der Waals surface area (Å²) >= 11 is 6.42. The standard InChI is InChI=1S/C22H20ClN5O/c1-14-7-6-8-17(11-14)21(29)27(19-10-5-4-9-18(19)23)13-20-25-22-24-15(2)12-16(3)28(22)26-20/h4-12H,13H2,1-3H3. The highest BCUT2D eigenvalue weighted by atomic mass is 35.5. The van der Waals surface area contributed by atoms with Gasteiger partial charge in [0.05, 0.1) is 17.3 Å². The van der Waals surface area contributed by atoms with Crippen LogP contribution in [0.15, 0.2) is 54.6 Å². The maximum atomic E-state index is 13.4. The van der Waals surface area contributed by atoms with Crippen molar-refractivity contribution in [3.63, 3.8) is 0 Å². The summed E-state index contributed by atoms with van der Waals surface area (Å²) in [5.41, 5.74) is 4.00. The molecule has 146 valence electrons. The van der Waals surface area contributed by atoms with Crippen molar-refractivity contribution in [2.75, 3.05) is 4.90 Å². The molecule has 0 atom stereocenters. The minimum Gasteiger partial charge on any atom is -0.299 e. The summed E-state index contributed by atoms with van der Waals surface area (Å²) in [6, 6.07) is 16.7. The first-order valence-electron chi connectivity index (χ1n) is 9.25. The van der Waals surface area contributed by atoms with Gasteiger partial charge in [-0.1, -0.05) is 41.4 Å². The average Bonchev–Trinajstić information content (AvgIpc) is 3.09. The second-order valence-corrected chi connectivity index (χ2v) is 7.40. The normalized spacial score (nSPS) is 11.0. The third-order valence-electron chi connectivity index (χ3n) is 4.62. The van der Waals surface area contributed by atoms with Crippen LogP contribution in [-0.4, -0.2) is 25.5 Å². The van der Waals surface area contributed by atoms with Gasteiger partial charge in [0.1, 0.15) is 0 Å². The number of anilines is 1. The first-order chi connectivity index (χ1) is 13.9. The Labute approximate surface area is 173 Å². The van der Waals surface area contributed by atoms with Crippen LogP contribution >= 0.6 is 11.6 Å². The minimum atomic E-state index is -0.165. The van der Waals surface area contributed by atoms with Crippen LogP contribution in [0.1, 0.15) is 33.1 Å². The van der Waals surface area contributed by atoms with E-state index in [4.69, 9.17) is 11.6 Å². The average molecular weight is 406 g/mol. The second-order valence-electron chi connectivity index (χ2n) is 6.99. The maximum absolute atomic E-state index is 13.4. The third kappa shape index (κ3) is 3.84. The van der Waals surface area contributed by atoms with Crippen molar-refractivity contribution in [3.05, 3.63) is 88.0 Å². The largest absolute Gasteiger partial charge is 0.299 e. The van der Waals surface area contributed by atoms with E-state index in [0.29, 0.717) is 27.9 Å². The number of halogens is 1. The van der Waals surface area contributed by atoms with Crippen molar-refractivity contribution in [1.82, 2.24) is 19.6 Å². The molecule has 0 aliphatic carbocycles. The van der Waals surface area contributed by atoms with Crippen LogP contribution in [0.3, 0.4) is 0 Å². The van der Waals surface area contributed by atoms with E-state index in [2.05, 4.69) is 15.1 Å². The van der Waals surface area contributed by atoms with Gasteiger partial charge in [-0.15, -0.1) is 5.10 Å². The molecule has 0 N–H and O–H groups in total. The molecule has 0 saturated heterocycles. The fraction of sp³-hybridized carbons (Fsp3) is 0.182. The zero-order valence-corrected chi connectivity index (χ0v) is 17.2. The summed E-state index contributed by atoms with van der Waals surface area (Å²) in [6.07, 6.45) is 0. The first kappa shape index (κ1) is 19.1. The fourth-order valence-electron chi connectivity index (χ4n) is 3.29. The summed E-state index contributed by atoms with van der Waals surface area (Å²) in [5.74, 6) is 0.841.